The Morgan fingerprint density at radius 3 is 3.00 bits per heavy atom. The van der Waals surface area contributed by atoms with E-state index in [0.717, 1.165) is 5.56 Å². The molecule has 1 aliphatic rings. The van der Waals surface area contributed by atoms with Crippen molar-refractivity contribution in [3.8, 4) is 0 Å². The van der Waals surface area contributed by atoms with Gasteiger partial charge in [0.15, 0.2) is 0 Å². The Hall–Kier alpha value is -1.06. The van der Waals surface area contributed by atoms with E-state index < -0.39 is 0 Å². The van der Waals surface area contributed by atoms with Crippen molar-refractivity contribution in [2.75, 3.05) is 0 Å². The molecule has 0 unspecified atom stereocenters. The smallest absolute Gasteiger partial charge is 0.251 e. The van der Waals surface area contributed by atoms with Crippen molar-refractivity contribution >= 4 is 17.5 Å². The highest BCUT2D eigenvalue weighted by atomic mass is 35.5. The number of amides is 1. The van der Waals surface area contributed by atoms with Gasteiger partial charge in [-0.1, -0.05) is 11.6 Å². The van der Waals surface area contributed by atoms with Crippen LogP contribution in [0.4, 0.5) is 0 Å². The Morgan fingerprint density at radius 1 is 1.54 bits per heavy atom. The largest absolute Gasteiger partial charge is 0.392 e. The highest BCUT2D eigenvalue weighted by molar-refractivity contribution is 6.31. The number of halogens is 1. The van der Waals surface area contributed by atoms with E-state index in [9.17, 15) is 4.79 Å². The topological polar surface area (TPSA) is 49.3 Å². The van der Waals surface area contributed by atoms with E-state index in [4.69, 9.17) is 16.7 Å². The first kappa shape index (κ1) is 8.53. The van der Waals surface area contributed by atoms with Gasteiger partial charge >= 0.3 is 0 Å². The van der Waals surface area contributed by atoms with Crippen LogP contribution >= 0.6 is 11.6 Å². The van der Waals surface area contributed by atoms with Crippen LogP contribution in [-0.2, 0) is 13.2 Å². The van der Waals surface area contributed by atoms with Gasteiger partial charge in [0, 0.05) is 17.1 Å². The Morgan fingerprint density at radius 2 is 2.31 bits per heavy atom. The lowest BCUT2D eigenvalue weighted by Gasteiger charge is -2.02. The molecular weight excluding hydrogens is 190 g/mol. The van der Waals surface area contributed by atoms with Crippen molar-refractivity contribution < 1.29 is 9.90 Å². The van der Waals surface area contributed by atoms with Gasteiger partial charge in [-0.3, -0.25) is 4.79 Å². The van der Waals surface area contributed by atoms with Crippen LogP contribution in [0.15, 0.2) is 12.1 Å². The van der Waals surface area contributed by atoms with Crippen molar-refractivity contribution in [2.45, 2.75) is 13.2 Å². The van der Waals surface area contributed by atoms with Gasteiger partial charge in [0.25, 0.3) is 5.91 Å². The predicted molar refractivity (Wildman–Crippen MR) is 48.5 cm³/mol. The van der Waals surface area contributed by atoms with Gasteiger partial charge in [0.1, 0.15) is 0 Å². The van der Waals surface area contributed by atoms with Crippen LogP contribution in [0, 0.1) is 0 Å². The minimum absolute atomic E-state index is 0.0960. The zero-order valence-electron chi connectivity index (χ0n) is 6.80. The van der Waals surface area contributed by atoms with E-state index >= 15 is 0 Å². The average Bonchev–Trinajstić information content (AvgIpc) is 2.46. The van der Waals surface area contributed by atoms with E-state index in [1.165, 1.54) is 0 Å². The van der Waals surface area contributed by atoms with Crippen LogP contribution in [0.1, 0.15) is 21.5 Å². The summed E-state index contributed by atoms with van der Waals surface area (Å²) in [7, 11) is 0. The molecule has 4 heteroatoms. The van der Waals surface area contributed by atoms with E-state index in [2.05, 4.69) is 5.32 Å². The normalized spacial score (nSPS) is 14.2. The summed E-state index contributed by atoms with van der Waals surface area (Å²) in [6.07, 6.45) is 0. The van der Waals surface area contributed by atoms with Crippen LogP contribution in [0.25, 0.3) is 0 Å². The number of aliphatic hydroxyl groups excluding tert-OH is 1. The number of nitrogens with one attached hydrogen (secondary N) is 1. The standard InChI is InChI=1S/C9H8ClNO2/c10-8-2-5-3-11-9(13)7(5)1-6(8)4-12/h1-2,12H,3-4H2,(H,11,13). The summed E-state index contributed by atoms with van der Waals surface area (Å²) in [5.74, 6) is -0.0960. The Bertz CT molecular complexity index is 376. The molecule has 1 aromatic carbocycles. The number of hydrogen-bond donors (Lipinski definition) is 2. The zero-order chi connectivity index (χ0) is 9.42. The molecule has 1 amide bonds. The molecule has 0 radical (unpaired) electrons. The molecule has 0 fully saturated rings. The summed E-state index contributed by atoms with van der Waals surface area (Å²) in [6.45, 7) is 0.388. The van der Waals surface area contributed by atoms with Gasteiger partial charge in [-0.15, -0.1) is 0 Å². The zero-order valence-corrected chi connectivity index (χ0v) is 7.56. The molecule has 0 aliphatic carbocycles. The fraction of sp³-hybridized carbons (Fsp3) is 0.222. The minimum Gasteiger partial charge on any atom is -0.392 e. The number of benzene rings is 1. The lowest BCUT2D eigenvalue weighted by atomic mass is 10.1. The van der Waals surface area contributed by atoms with Gasteiger partial charge in [-0.25, -0.2) is 0 Å². The molecule has 13 heavy (non-hydrogen) atoms. The van der Waals surface area contributed by atoms with Crippen molar-refractivity contribution in [1.82, 2.24) is 5.32 Å². The predicted octanol–water partition coefficient (Wildman–Crippen LogP) is 1.08. The number of carbonyl (C=O) groups is 1. The maximum atomic E-state index is 11.2. The number of fused-ring (bicyclic) bond motifs is 1. The number of carbonyl (C=O) groups excluding carboxylic acids is 1. The average molecular weight is 198 g/mol. The number of hydrogen-bond acceptors (Lipinski definition) is 2. The molecule has 1 heterocycles. The second-order valence-corrected chi connectivity index (χ2v) is 3.35. The Labute approximate surface area is 80.3 Å². The third kappa shape index (κ3) is 1.30. The maximum Gasteiger partial charge on any atom is 0.251 e. The summed E-state index contributed by atoms with van der Waals surface area (Å²) >= 11 is 5.86. The monoisotopic (exact) mass is 197 g/mol. The molecule has 0 aromatic heterocycles. The third-order valence-electron chi connectivity index (χ3n) is 2.13. The molecule has 0 atom stereocenters. The molecule has 2 N–H and O–H groups in total. The second kappa shape index (κ2) is 3.01. The first-order valence-electron chi connectivity index (χ1n) is 3.92. The van der Waals surface area contributed by atoms with Crippen LogP contribution < -0.4 is 5.32 Å². The minimum atomic E-state index is -0.139. The van der Waals surface area contributed by atoms with Crippen LogP contribution in [-0.4, -0.2) is 11.0 Å². The molecule has 2 rings (SSSR count). The molecular formula is C9H8ClNO2. The van der Waals surface area contributed by atoms with Crippen molar-refractivity contribution in [3.63, 3.8) is 0 Å². The number of aliphatic hydroxyl groups is 1. The van der Waals surface area contributed by atoms with Crippen LogP contribution in [0.5, 0.6) is 0 Å². The van der Waals surface area contributed by atoms with E-state index in [0.29, 0.717) is 22.7 Å². The van der Waals surface area contributed by atoms with E-state index in [1.807, 2.05) is 0 Å². The summed E-state index contributed by atoms with van der Waals surface area (Å²) < 4.78 is 0. The second-order valence-electron chi connectivity index (χ2n) is 2.94. The summed E-state index contributed by atoms with van der Waals surface area (Å²) in [5, 5.41) is 12.1. The molecule has 3 nitrogen and oxygen atoms in total. The summed E-state index contributed by atoms with van der Waals surface area (Å²) in [5.41, 5.74) is 2.11. The van der Waals surface area contributed by atoms with Gasteiger partial charge in [-0.05, 0) is 23.3 Å². The van der Waals surface area contributed by atoms with Crippen molar-refractivity contribution in [2.24, 2.45) is 0 Å². The van der Waals surface area contributed by atoms with E-state index in [1.54, 1.807) is 12.1 Å². The maximum absolute atomic E-state index is 11.2. The van der Waals surface area contributed by atoms with E-state index in [-0.39, 0.29) is 12.5 Å². The quantitative estimate of drug-likeness (QED) is 0.708. The first-order chi connectivity index (χ1) is 6.22. The lowest BCUT2D eigenvalue weighted by molar-refractivity contribution is 0.0965. The molecule has 1 aliphatic heterocycles. The Balaban J connectivity index is 2.57. The highest BCUT2D eigenvalue weighted by Gasteiger charge is 2.20. The molecule has 0 spiro atoms. The van der Waals surface area contributed by atoms with Crippen molar-refractivity contribution in [1.29, 1.82) is 0 Å². The van der Waals surface area contributed by atoms with Crippen molar-refractivity contribution in [3.05, 3.63) is 33.8 Å². The highest BCUT2D eigenvalue weighted by Crippen LogP contribution is 2.24. The van der Waals surface area contributed by atoms with Gasteiger partial charge in [-0.2, -0.15) is 0 Å². The molecule has 0 bridgehead atoms. The van der Waals surface area contributed by atoms with Crippen LogP contribution in [0.3, 0.4) is 0 Å². The fourth-order valence-electron chi connectivity index (χ4n) is 1.41. The van der Waals surface area contributed by atoms with Crippen LogP contribution in [0.2, 0.25) is 5.02 Å². The van der Waals surface area contributed by atoms with Gasteiger partial charge < -0.3 is 10.4 Å². The summed E-state index contributed by atoms with van der Waals surface area (Å²) in [6, 6.07) is 3.36. The number of rotatable bonds is 1. The summed E-state index contributed by atoms with van der Waals surface area (Å²) in [4.78, 5) is 11.2. The first-order valence-corrected chi connectivity index (χ1v) is 4.30. The fourth-order valence-corrected chi connectivity index (χ4v) is 1.65. The molecule has 68 valence electrons. The molecule has 0 saturated carbocycles. The molecule has 0 saturated heterocycles. The van der Waals surface area contributed by atoms with Gasteiger partial charge in [0.05, 0.1) is 6.61 Å². The lowest BCUT2D eigenvalue weighted by Crippen LogP contribution is -2.12. The Kier molecular flexibility index (Phi) is 1.98. The SMILES string of the molecule is O=C1NCc2cc(Cl)c(CO)cc21. The molecule has 1 aromatic rings. The third-order valence-corrected chi connectivity index (χ3v) is 2.48. The van der Waals surface area contributed by atoms with Gasteiger partial charge in [0.2, 0.25) is 0 Å².